The van der Waals surface area contributed by atoms with E-state index in [0.717, 1.165) is 0 Å². The molecule has 9 heteroatoms. The monoisotopic (exact) mass is 461 g/mol. The van der Waals surface area contributed by atoms with Crippen molar-refractivity contribution in [3.05, 3.63) is 59.9 Å². The minimum absolute atomic E-state index is 0.123. The van der Waals surface area contributed by atoms with E-state index in [1.165, 1.54) is 36.4 Å². The van der Waals surface area contributed by atoms with Crippen molar-refractivity contribution in [2.45, 2.75) is 44.0 Å². The van der Waals surface area contributed by atoms with Crippen molar-refractivity contribution in [3.63, 3.8) is 0 Å². The van der Waals surface area contributed by atoms with Crippen LogP contribution in [0.2, 0.25) is 0 Å². The predicted molar refractivity (Wildman–Crippen MR) is 120 cm³/mol. The summed E-state index contributed by atoms with van der Waals surface area (Å²) >= 11 is 0. The number of anilines is 1. The van der Waals surface area contributed by atoms with E-state index < -0.39 is 21.4 Å². The highest BCUT2D eigenvalue weighted by Gasteiger charge is 2.28. The van der Waals surface area contributed by atoms with Gasteiger partial charge >= 0.3 is 0 Å². The number of hydrogen-bond donors (Lipinski definition) is 2. The number of amides is 2. The van der Waals surface area contributed by atoms with Crippen molar-refractivity contribution in [2.24, 2.45) is 5.92 Å². The highest BCUT2D eigenvalue weighted by molar-refractivity contribution is 7.89. The zero-order valence-corrected chi connectivity index (χ0v) is 19.2. The number of carbonyl (C=O) groups is 2. The average molecular weight is 462 g/mol. The third-order valence-corrected chi connectivity index (χ3v) is 6.89. The van der Waals surface area contributed by atoms with Crippen molar-refractivity contribution < 1.29 is 22.4 Å². The van der Waals surface area contributed by atoms with Crippen LogP contribution in [0.3, 0.4) is 0 Å². The van der Waals surface area contributed by atoms with Crippen molar-refractivity contribution >= 4 is 27.5 Å². The third-order valence-electron chi connectivity index (χ3n) is 5.12. The lowest BCUT2D eigenvalue weighted by Gasteiger charge is -2.31. The van der Waals surface area contributed by atoms with Crippen LogP contribution in [0.4, 0.5) is 10.1 Å². The van der Waals surface area contributed by atoms with Gasteiger partial charge in [-0.1, -0.05) is 0 Å². The van der Waals surface area contributed by atoms with E-state index in [-0.39, 0.29) is 22.6 Å². The maximum Gasteiger partial charge on any atom is 0.253 e. The lowest BCUT2D eigenvalue weighted by atomic mass is 9.95. The summed E-state index contributed by atoms with van der Waals surface area (Å²) in [5, 5.41) is 2.82. The fraction of sp³-hybridized carbons (Fsp3) is 0.391. The van der Waals surface area contributed by atoms with Crippen LogP contribution < -0.4 is 10.0 Å². The van der Waals surface area contributed by atoms with E-state index in [9.17, 15) is 22.4 Å². The van der Waals surface area contributed by atoms with Crippen LogP contribution in [0.25, 0.3) is 0 Å². The summed E-state index contributed by atoms with van der Waals surface area (Å²) in [4.78, 5) is 26.9. The van der Waals surface area contributed by atoms with E-state index in [2.05, 4.69) is 10.0 Å². The zero-order chi connectivity index (χ0) is 23.5. The summed E-state index contributed by atoms with van der Waals surface area (Å²) in [6.45, 7) is 6.15. The van der Waals surface area contributed by atoms with Crippen LogP contribution in [0.5, 0.6) is 0 Å². The Hall–Kier alpha value is -2.78. The standard InChI is InChI=1S/C23H28FN3O4S/c1-23(2,3)26-32(30,31)20-10-8-19(9-11-20)25-21(28)16-12-14-27(15-13-16)22(29)17-4-6-18(24)7-5-17/h4-11,16,26H,12-15H2,1-3H3,(H,25,28). The third kappa shape index (κ3) is 6.14. The number of benzene rings is 2. The molecule has 0 bridgehead atoms. The van der Waals surface area contributed by atoms with Crippen LogP contribution in [-0.2, 0) is 14.8 Å². The molecule has 172 valence electrons. The van der Waals surface area contributed by atoms with Crippen LogP contribution in [0.15, 0.2) is 53.4 Å². The van der Waals surface area contributed by atoms with Gasteiger partial charge in [0.05, 0.1) is 4.90 Å². The quantitative estimate of drug-likeness (QED) is 0.714. The molecule has 1 heterocycles. The Kier molecular flexibility index (Phi) is 7.00. The van der Waals surface area contributed by atoms with Gasteiger partial charge in [0.2, 0.25) is 15.9 Å². The molecule has 2 N–H and O–H groups in total. The molecule has 0 aromatic heterocycles. The molecule has 2 amide bonds. The highest BCUT2D eigenvalue weighted by atomic mass is 32.2. The molecule has 0 saturated carbocycles. The van der Waals surface area contributed by atoms with E-state index in [4.69, 9.17) is 0 Å². The maximum absolute atomic E-state index is 13.1. The smallest absolute Gasteiger partial charge is 0.253 e. The minimum atomic E-state index is -3.64. The molecule has 7 nitrogen and oxygen atoms in total. The Morgan fingerprint density at radius 3 is 2.06 bits per heavy atom. The molecular weight excluding hydrogens is 433 g/mol. The Bertz CT molecular complexity index is 1070. The minimum Gasteiger partial charge on any atom is -0.339 e. The van der Waals surface area contributed by atoms with Crippen molar-refractivity contribution in [3.8, 4) is 0 Å². The first-order valence-corrected chi connectivity index (χ1v) is 11.9. The van der Waals surface area contributed by atoms with E-state index in [1.54, 1.807) is 37.8 Å². The van der Waals surface area contributed by atoms with Gasteiger partial charge < -0.3 is 10.2 Å². The van der Waals surface area contributed by atoms with Gasteiger partial charge in [0.15, 0.2) is 0 Å². The number of hydrogen-bond acceptors (Lipinski definition) is 4. The van der Waals surface area contributed by atoms with Crippen molar-refractivity contribution in [1.82, 2.24) is 9.62 Å². The molecule has 3 rings (SSSR count). The molecule has 0 radical (unpaired) electrons. The molecule has 2 aromatic rings. The second-order valence-corrected chi connectivity index (χ2v) is 10.6. The van der Waals surface area contributed by atoms with Crippen LogP contribution in [0.1, 0.15) is 44.0 Å². The number of nitrogens with one attached hydrogen (secondary N) is 2. The summed E-state index contributed by atoms with van der Waals surface area (Å²) in [5.74, 6) is -0.988. The maximum atomic E-state index is 13.1. The summed E-state index contributed by atoms with van der Waals surface area (Å²) < 4.78 is 40.4. The number of sulfonamides is 1. The Morgan fingerprint density at radius 1 is 0.969 bits per heavy atom. The number of nitrogens with zero attached hydrogens (tertiary/aromatic N) is 1. The number of rotatable bonds is 5. The molecule has 1 saturated heterocycles. The molecule has 1 aliphatic rings. The van der Waals surface area contributed by atoms with Gasteiger partial charge in [-0.05, 0) is 82.1 Å². The lowest BCUT2D eigenvalue weighted by Crippen LogP contribution is -2.41. The molecular formula is C23H28FN3O4S. The Balaban J connectivity index is 1.55. The molecule has 0 spiro atoms. The number of likely N-dealkylation sites (tertiary alicyclic amines) is 1. The van der Waals surface area contributed by atoms with E-state index in [1.807, 2.05) is 0 Å². The van der Waals surface area contributed by atoms with E-state index >= 15 is 0 Å². The van der Waals surface area contributed by atoms with Crippen LogP contribution >= 0.6 is 0 Å². The second-order valence-electron chi connectivity index (χ2n) is 8.94. The summed E-state index contributed by atoms with van der Waals surface area (Å²) in [5.41, 5.74) is 0.332. The molecule has 0 aliphatic carbocycles. The van der Waals surface area contributed by atoms with Crippen LogP contribution in [0, 0.1) is 11.7 Å². The van der Waals surface area contributed by atoms with Gasteiger partial charge in [0.1, 0.15) is 5.82 Å². The molecule has 0 unspecified atom stereocenters. The topological polar surface area (TPSA) is 95.6 Å². The van der Waals surface area contributed by atoms with Crippen molar-refractivity contribution in [2.75, 3.05) is 18.4 Å². The van der Waals surface area contributed by atoms with E-state index in [0.29, 0.717) is 37.2 Å². The lowest BCUT2D eigenvalue weighted by molar-refractivity contribution is -0.121. The molecule has 0 atom stereocenters. The second kappa shape index (κ2) is 9.38. The first-order chi connectivity index (χ1) is 14.9. The van der Waals surface area contributed by atoms with Gasteiger partial charge in [-0.25, -0.2) is 17.5 Å². The molecule has 1 aliphatic heterocycles. The number of piperidine rings is 1. The fourth-order valence-electron chi connectivity index (χ4n) is 3.54. The molecule has 2 aromatic carbocycles. The van der Waals surface area contributed by atoms with Gasteiger partial charge in [-0.3, -0.25) is 9.59 Å². The molecule has 32 heavy (non-hydrogen) atoms. The summed E-state index contributed by atoms with van der Waals surface area (Å²) in [6.07, 6.45) is 1.03. The van der Waals surface area contributed by atoms with Crippen LogP contribution in [-0.4, -0.2) is 43.8 Å². The zero-order valence-electron chi connectivity index (χ0n) is 18.4. The van der Waals surface area contributed by atoms with Gasteiger partial charge in [0, 0.05) is 35.8 Å². The first kappa shape index (κ1) is 23.9. The average Bonchev–Trinajstić information content (AvgIpc) is 2.72. The largest absolute Gasteiger partial charge is 0.339 e. The molecule has 1 fully saturated rings. The Morgan fingerprint density at radius 2 is 1.53 bits per heavy atom. The highest BCUT2D eigenvalue weighted by Crippen LogP contribution is 2.22. The van der Waals surface area contributed by atoms with Gasteiger partial charge in [-0.15, -0.1) is 0 Å². The SMILES string of the molecule is CC(C)(C)NS(=O)(=O)c1ccc(NC(=O)C2CCN(C(=O)c3ccc(F)cc3)CC2)cc1. The number of carbonyl (C=O) groups excluding carboxylic acids is 2. The summed E-state index contributed by atoms with van der Waals surface area (Å²) in [6, 6.07) is 11.4. The first-order valence-electron chi connectivity index (χ1n) is 10.4. The number of halogens is 1. The summed E-state index contributed by atoms with van der Waals surface area (Å²) in [7, 11) is -3.64. The fourth-order valence-corrected chi connectivity index (χ4v) is 4.96. The Labute approximate surface area is 188 Å². The normalized spacial score (nSPS) is 15.4. The van der Waals surface area contributed by atoms with Crippen molar-refractivity contribution in [1.29, 1.82) is 0 Å². The predicted octanol–water partition coefficient (Wildman–Crippen LogP) is 3.39. The van der Waals surface area contributed by atoms with Gasteiger partial charge in [0.25, 0.3) is 5.91 Å². The van der Waals surface area contributed by atoms with Gasteiger partial charge in [-0.2, -0.15) is 0 Å².